The van der Waals surface area contributed by atoms with Crippen LogP contribution in [0.25, 0.3) is 0 Å². The van der Waals surface area contributed by atoms with Crippen LogP contribution in [0, 0.1) is 0 Å². The second-order valence-corrected chi connectivity index (χ2v) is 6.43. The highest BCUT2D eigenvalue weighted by Crippen LogP contribution is 2.52. The Hall–Kier alpha value is -0.570. The Labute approximate surface area is 124 Å². The van der Waals surface area contributed by atoms with E-state index in [2.05, 4.69) is 18.7 Å². The summed E-state index contributed by atoms with van der Waals surface area (Å²) in [6.07, 6.45) is 11.8. The first-order valence-corrected chi connectivity index (χ1v) is 8.71. The summed E-state index contributed by atoms with van der Waals surface area (Å²) in [7, 11) is 0. The van der Waals surface area contributed by atoms with E-state index >= 15 is 0 Å². The molecule has 0 aromatic carbocycles. The van der Waals surface area contributed by atoms with Crippen LogP contribution in [-0.2, 0) is 9.53 Å². The van der Waals surface area contributed by atoms with Gasteiger partial charge in [0.25, 0.3) is 0 Å². The van der Waals surface area contributed by atoms with Gasteiger partial charge < -0.3 is 4.74 Å². The average molecular weight is 281 g/mol. The van der Waals surface area contributed by atoms with Crippen LogP contribution in [0.15, 0.2) is 0 Å². The second kappa shape index (κ2) is 7.44. The van der Waals surface area contributed by atoms with E-state index < -0.39 is 0 Å². The van der Waals surface area contributed by atoms with Gasteiger partial charge in [-0.25, -0.2) is 4.79 Å². The van der Waals surface area contributed by atoms with Crippen molar-refractivity contribution in [2.75, 3.05) is 13.2 Å². The largest absolute Gasteiger partial charge is 0.464 e. The van der Waals surface area contributed by atoms with Crippen molar-refractivity contribution in [1.29, 1.82) is 0 Å². The summed E-state index contributed by atoms with van der Waals surface area (Å²) in [6, 6.07) is 0.492. The van der Waals surface area contributed by atoms with Crippen LogP contribution in [0.5, 0.6) is 0 Å². The van der Waals surface area contributed by atoms with E-state index in [-0.39, 0.29) is 11.5 Å². The lowest BCUT2D eigenvalue weighted by molar-refractivity contribution is -0.148. The van der Waals surface area contributed by atoms with Gasteiger partial charge in [0, 0.05) is 6.04 Å². The van der Waals surface area contributed by atoms with Gasteiger partial charge in [0.2, 0.25) is 0 Å². The van der Waals surface area contributed by atoms with E-state index in [1.807, 2.05) is 0 Å². The maximum absolute atomic E-state index is 12.5. The zero-order valence-corrected chi connectivity index (χ0v) is 13.3. The fourth-order valence-electron chi connectivity index (χ4n) is 3.78. The molecular weight excluding hydrogens is 250 g/mol. The normalized spacial score (nSPS) is 31.7. The van der Waals surface area contributed by atoms with E-state index in [4.69, 9.17) is 4.74 Å². The number of rotatable bonds is 9. The van der Waals surface area contributed by atoms with Crippen molar-refractivity contribution in [3.8, 4) is 0 Å². The number of unbranched alkanes of at least 4 members (excludes halogenated alkanes) is 4. The third-order valence-electron chi connectivity index (χ3n) is 4.99. The van der Waals surface area contributed by atoms with Crippen molar-refractivity contribution < 1.29 is 9.53 Å². The molecule has 3 nitrogen and oxygen atoms in total. The Morgan fingerprint density at radius 2 is 1.90 bits per heavy atom. The summed E-state index contributed by atoms with van der Waals surface area (Å²) in [5.74, 6) is 0.0785. The zero-order valence-electron chi connectivity index (χ0n) is 13.3. The molecule has 1 aliphatic heterocycles. The van der Waals surface area contributed by atoms with Crippen molar-refractivity contribution in [2.24, 2.45) is 0 Å². The molecule has 0 spiro atoms. The minimum atomic E-state index is -0.210. The number of nitrogens with zero attached hydrogens (tertiary/aromatic N) is 1. The standard InChI is InChI=1S/C17H31NO2/c1-3-5-9-13-18-15-11-7-8-12-17(15,18)16(19)20-14-10-6-4-2/h15H,3-14H2,1-2H3. The SMILES string of the molecule is CCCCCOC(=O)C12CCCCC1N2CCCCC. The van der Waals surface area contributed by atoms with E-state index in [0.29, 0.717) is 12.6 Å². The molecule has 0 radical (unpaired) electrons. The third kappa shape index (κ3) is 3.19. The fraction of sp³-hybridized carbons (Fsp3) is 0.941. The van der Waals surface area contributed by atoms with Crippen LogP contribution in [0.2, 0.25) is 0 Å². The minimum Gasteiger partial charge on any atom is -0.464 e. The highest BCUT2D eigenvalue weighted by atomic mass is 16.5. The van der Waals surface area contributed by atoms with Crippen LogP contribution in [0.1, 0.15) is 78.1 Å². The fourth-order valence-corrected chi connectivity index (χ4v) is 3.78. The topological polar surface area (TPSA) is 29.3 Å². The molecule has 2 fully saturated rings. The highest BCUT2D eigenvalue weighted by Gasteiger charge is 2.68. The molecule has 20 heavy (non-hydrogen) atoms. The molecule has 1 aliphatic carbocycles. The average Bonchev–Trinajstić information content (AvgIpc) is 3.13. The summed E-state index contributed by atoms with van der Waals surface area (Å²) >= 11 is 0. The summed E-state index contributed by atoms with van der Waals surface area (Å²) in [6.45, 7) is 6.10. The van der Waals surface area contributed by atoms with E-state index in [1.165, 1.54) is 44.9 Å². The summed E-state index contributed by atoms with van der Waals surface area (Å²) in [4.78, 5) is 14.9. The van der Waals surface area contributed by atoms with Gasteiger partial charge in [0.05, 0.1) is 6.61 Å². The monoisotopic (exact) mass is 281 g/mol. The predicted octanol–water partition coefficient (Wildman–Crippen LogP) is 3.91. The highest BCUT2D eigenvalue weighted by molar-refractivity contribution is 5.86. The Bertz CT molecular complexity index is 318. The van der Waals surface area contributed by atoms with Gasteiger partial charge >= 0.3 is 5.97 Å². The van der Waals surface area contributed by atoms with Gasteiger partial charge in [-0.1, -0.05) is 52.4 Å². The zero-order chi connectivity index (χ0) is 14.4. The number of carbonyl (C=O) groups is 1. The van der Waals surface area contributed by atoms with Crippen molar-refractivity contribution in [2.45, 2.75) is 89.6 Å². The molecule has 0 N–H and O–H groups in total. The smallest absolute Gasteiger partial charge is 0.328 e. The van der Waals surface area contributed by atoms with E-state index in [1.54, 1.807) is 0 Å². The Morgan fingerprint density at radius 3 is 2.65 bits per heavy atom. The van der Waals surface area contributed by atoms with Crippen LogP contribution < -0.4 is 0 Å². The lowest BCUT2D eigenvalue weighted by atomic mass is 9.89. The molecule has 2 rings (SSSR count). The summed E-state index contributed by atoms with van der Waals surface area (Å²) < 4.78 is 5.58. The Kier molecular flexibility index (Phi) is 5.88. The second-order valence-electron chi connectivity index (χ2n) is 6.43. The van der Waals surface area contributed by atoms with Gasteiger partial charge in [-0.05, 0) is 32.2 Å². The molecule has 3 unspecified atom stereocenters. The molecule has 0 bridgehead atoms. The van der Waals surface area contributed by atoms with Crippen molar-refractivity contribution >= 4 is 5.97 Å². The quantitative estimate of drug-likeness (QED) is 0.364. The maximum Gasteiger partial charge on any atom is 0.328 e. The van der Waals surface area contributed by atoms with Crippen LogP contribution in [0.3, 0.4) is 0 Å². The van der Waals surface area contributed by atoms with E-state index in [0.717, 1.165) is 25.8 Å². The first-order chi connectivity index (χ1) is 9.77. The van der Waals surface area contributed by atoms with Crippen molar-refractivity contribution in [1.82, 2.24) is 4.90 Å². The van der Waals surface area contributed by atoms with Gasteiger partial charge in [-0.3, -0.25) is 4.90 Å². The van der Waals surface area contributed by atoms with Crippen LogP contribution in [0.4, 0.5) is 0 Å². The molecule has 3 atom stereocenters. The lowest BCUT2D eigenvalue weighted by Crippen LogP contribution is -2.34. The van der Waals surface area contributed by atoms with Gasteiger partial charge in [-0.15, -0.1) is 0 Å². The van der Waals surface area contributed by atoms with E-state index in [9.17, 15) is 4.79 Å². The maximum atomic E-state index is 12.5. The number of ether oxygens (including phenoxy) is 1. The van der Waals surface area contributed by atoms with Crippen LogP contribution in [-0.4, -0.2) is 35.6 Å². The minimum absolute atomic E-state index is 0.0785. The number of hydrogen-bond donors (Lipinski definition) is 0. The summed E-state index contributed by atoms with van der Waals surface area (Å²) in [5.41, 5.74) is -0.210. The molecule has 0 amide bonds. The molecule has 1 saturated heterocycles. The number of esters is 1. The molecule has 116 valence electrons. The molecule has 2 aliphatic rings. The molecule has 3 heteroatoms. The van der Waals surface area contributed by atoms with Gasteiger partial charge in [0.1, 0.15) is 5.54 Å². The van der Waals surface area contributed by atoms with Crippen LogP contribution >= 0.6 is 0 Å². The molecule has 0 aromatic rings. The Balaban J connectivity index is 1.83. The third-order valence-corrected chi connectivity index (χ3v) is 4.99. The Morgan fingerprint density at radius 1 is 1.15 bits per heavy atom. The molecule has 1 heterocycles. The summed E-state index contributed by atoms with van der Waals surface area (Å²) in [5, 5.41) is 0. The predicted molar refractivity (Wildman–Crippen MR) is 81.7 cm³/mol. The first kappa shape index (κ1) is 15.8. The molecule has 1 saturated carbocycles. The van der Waals surface area contributed by atoms with Gasteiger partial charge in [-0.2, -0.15) is 0 Å². The molecule has 0 aromatic heterocycles. The van der Waals surface area contributed by atoms with Crippen molar-refractivity contribution in [3.05, 3.63) is 0 Å². The number of hydrogen-bond acceptors (Lipinski definition) is 3. The number of fused-ring (bicyclic) bond motifs is 1. The van der Waals surface area contributed by atoms with Crippen molar-refractivity contribution in [3.63, 3.8) is 0 Å². The molecular formula is C17H31NO2. The van der Waals surface area contributed by atoms with Gasteiger partial charge in [0.15, 0.2) is 0 Å². The lowest BCUT2D eigenvalue weighted by Gasteiger charge is -2.19. The number of carbonyl (C=O) groups excluding carboxylic acids is 1. The number of likely N-dealkylation sites (tertiary alicyclic amines) is 1. The first-order valence-electron chi connectivity index (χ1n) is 8.71.